The quantitative estimate of drug-likeness (QED) is 0.559. The van der Waals surface area contributed by atoms with Gasteiger partial charge in [0, 0.05) is 17.0 Å². The minimum absolute atomic E-state index is 0.0272. The molecule has 8 nitrogen and oxygen atoms in total. The number of aryl methyl sites for hydroxylation is 2. The van der Waals surface area contributed by atoms with Crippen molar-refractivity contribution in [3.8, 4) is 5.75 Å². The number of aromatic nitrogens is 4. The van der Waals surface area contributed by atoms with Crippen molar-refractivity contribution in [2.24, 2.45) is 5.10 Å². The van der Waals surface area contributed by atoms with Crippen LogP contribution in [-0.4, -0.2) is 36.8 Å². The number of aromatic hydroxyl groups is 1. The van der Waals surface area contributed by atoms with Crippen molar-refractivity contribution in [1.29, 1.82) is 0 Å². The predicted molar refractivity (Wildman–Crippen MR) is 83.4 cm³/mol. The minimum Gasteiger partial charge on any atom is -0.507 e. The average molecular weight is 310 g/mol. The van der Waals surface area contributed by atoms with E-state index in [0.717, 1.165) is 11.4 Å². The minimum atomic E-state index is -0.556. The summed E-state index contributed by atoms with van der Waals surface area (Å²) in [5.41, 5.74) is 4.44. The molecule has 0 spiro atoms. The number of fused-ring (bicyclic) bond motifs is 1. The van der Waals surface area contributed by atoms with E-state index < -0.39 is 5.91 Å². The summed E-state index contributed by atoms with van der Waals surface area (Å²) in [4.78, 5) is 20.3. The van der Waals surface area contributed by atoms with Gasteiger partial charge in [-0.15, -0.1) is 5.10 Å². The van der Waals surface area contributed by atoms with Crippen molar-refractivity contribution in [1.82, 2.24) is 25.0 Å². The van der Waals surface area contributed by atoms with E-state index >= 15 is 0 Å². The Kier molecular flexibility index (Phi) is 3.71. The Bertz CT molecular complexity index is 915. The van der Waals surface area contributed by atoms with Gasteiger partial charge < -0.3 is 5.11 Å². The van der Waals surface area contributed by atoms with Crippen LogP contribution in [0.1, 0.15) is 27.6 Å². The normalized spacial score (nSPS) is 11.2. The zero-order chi connectivity index (χ0) is 16.4. The molecule has 0 saturated heterocycles. The molecule has 0 unspecified atom stereocenters. The van der Waals surface area contributed by atoms with Crippen molar-refractivity contribution in [3.63, 3.8) is 0 Å². The maximum atomic E-state index is 12.0. The molecule has 0 atom stereocenters. The number of nitrogens with one attached hydrogen (secondary N) is 1. The molecule has 1 aromatic carbocycles. The van der Waals surface area contributed by atoms with Crippen LogP contribution in [0.2, 0.25) is 0 Å². The van der Waals surface area contributed by atoms with Gasteiger partial charge in [-0.1, -0.05) is 12.1 Å². The number of carbonyl (C=O) groups is 1. The van der Waals surface area contributed by atoms with E-state index in [2.05, 4.69) is 25.6 Å². The number of phenols is 1. The van der Waals surface area contributed by atoms with E-state index in [1.54, 1.807) is 18.2 Å². The topological polar surface area (TPSA) is 105 Å². The number of rotatable bonds is 3. The highest BCUT2D eigenvalue weighted by Gasteiger charge is 2.14. The first-order chi connectivity index (χ1) is 11.0. The standard InChI is InChI=1S/C15H14N6O2/c1-9-7-10(2)21-15(17-9)18-13(20-21)14(23)19-16-8-11-5-3-4-6-12(11)22/h3-8,22H,1-2H3,(H,19,23)/b16-8-. The molecule has 0 saturated carbocycles. The molecule has 2 N–H and O–H groups in total. The first-order valence-corrected chi connectivity index (χ1v) is 6.87. The largest absolute Gasteiger partial charge is 0.507 e. The van der Waals surface area contributed by atoms with Crippen molar-refractivity contribution in [2.75, 3.05) is 0 Å². The summed E-state index contributed by atoms with van der Waals surface area (Å²) >= 11 is 0. The molecule has 1 amide bonds. The second kappa shape index (κ2) is 5.84. The third-order valence-corrected chi connectivity index (χ3v) is 3.13. The number of hydrazone groups is 1. The highest BCUT2D eigenvalue weighted by molar-refractivity contribution is 5.92. The lowest BCUT2D eigenvalue weighted by Gasteiger charge is -1.97. The van der Waals surface area contributed by atoms with E-state index in [1.807, 2.05) is 19.9 Å². The van der Waals surface area contributed by atoms with Crippen LogP contribution in [0.25, 0.3) is 5.78 Å². The molecule has 0 aliphatic heterocycles. The molecular formula is C15H14N6O2. The van der Waals surface area contributed by atoms with Crippen LogP contribution in [0.5, 0.6) is 5.75 Å². The molecule has 2 aromatic heterocycles. The van der Waals surface area contributed by atoms with Crippen LogP contribution < -0.4 is 5.43 Å². The molecule has 0 bridgehead atoms. The molecular weight excluding hydrogens is 296 g/mol. The predicted octanol–water partition coefficient (Wildman–Crippen LogP) is 1.21. The Morgan fingerprint density at radius 1 is 1.30 bits per heavy atom. The van der Waals surface area contributed by atoms with Gasteiger partial charge >= 0.3 is 5.91 Å². The average Bonchev–Trinajstić information content (AvgIpc) is 2.93. The lowest BCUT2D eigenvalue weighted by Crippen LogP contribution is -2.19. The number of amides is 1. The van der Waals surface area contributed by atoms with Gasteiger partial charge in [0.15, 0.2) is 0 Å². The molecule has 0 radical (unpaired) electrons. The third-order valence-electron chi connectivity index (χ3n) is 3.13. The fourth-order valence-corrected chi connectivity index (χ4v) is 2.07. The molecule has 23 heavy (non-hydrogen) atoms. The zero-order valence-electron chi connectivity index (χ0n) is 12.6. The molecule has 3 aromatic rings. The molecule has 3 rings (SSSR count). The van der Waals surface area contributed by atoms with E-state index in [4.69, 9.17) is 0 Å². The fraction of sp³-hybridized carbons (Fsp3) is 0.133. The van der Waals surface area contributed by atoms with E-state index in [9.17, 15) is 9.90 Å². The number of carbonyl (C=O) groups excluding carboxylic acids is 1. The number of hydrogen-bond acceptors (Lipinski definition) is 6. The maximum absolute atomic E-state index is 12.0. The Morgan fingerprint density at radius 3 is 2.87 bits per heavy atom. The Labute approximate surface area is 131 Å². The van der Waals surface area contributed by atoms with Crippen LogP contribution in [0.4, 0.5) is 0 Å². The van der Waals surface area contributed by atoms with Gasteiger partial charge in [-0.2, -0.15) is 10.1 Å². The fourth-order valence-electron chi connectivity index (χ4n) is 2.07. The smallest absolute Gasteiger partial charge is 0.311 e. The summed E-state index contributed by atoms with van der Waals surface area (Å²) in [7, 11) is 0. The van der Waals surface area contributed by atoms with Crippen molar-refractivity contribution in [2.45, 2.75) is 13.8 Å². The second-order valence-electron chi connectivity index (χ2n) is 4.94. The Balaban J connectivity index is 1.79. The summed E-state index contributed by atoms with van der Waals surface area (Å²) in [5, 5.41) is 17.5. The van der Waals surface area contributed by atoms with Gasteiger partial charge in [0.05, 0.1) is 6.21 Å². The SMILES string of the molecule is Cc1cc(C)n2nc(C(=O)N/N=C\c3ccccc3O)nc2n1. The highest BCUT2D eigenvalue weighted by Crippen LogP contribution is 2.12. The number of hydrogen-bond donors (Lipinski definition) is 2. The highest BCUT2D eigenvalue weighted by atomic mass is 16.3. The molecule has 8 heteroatoms. The second-order valence-corrected chi connectivity index (χ2v) is 4.94. The lowest BCUT2D eigenvalue weighted by molar-refractivity contribution is 0.0945. The van der Waals surface area contributed by atoms with Gasteiger partial charge in [0.25, 0.3) is 5.78 Å². The van der Waals surface area contributed by atoms with Gasteiger partial charge in [-0.25, -0.2) is 14.9 Å². The monoisotopic (exact) mass is 310 g/mol. The van der Waals surface area contributed by atoms with Crippen LogP contribution in [-0.2, 0) is 0 Å². The van der Waals surface area contributed by atoms with Crippen molar-refractivity contribution < 1.29 is 9.90 Å². The summed E-state index contributed by atoms with van der Waals surface area (Å²) in [5.74, 6) is -0.149. The number of para-hydroxylation sites is 1. The van der Waals surface area contributed by atoms with Gasteiger partial charge in [-0.05, 0) is 32.0 Å². The molecule has 116 valence electrons. The van der Waals surface area contributed by atoms with Crippen molar-refractivity contribution >= 4 is 17.9 Å². The van der Waals surface area contributed by atoms with E-state index in [0.29, 0.717) is 11.3 Å². The van der Waals surface area contributed by atoms with Gasteiger partial charge in [0.2, 0.25) is 5.82 Å². The number of phenolic OH excluding ortho intramolecular Hbond substituents is 1. The summed E-state index contributed by atoms with van der Waals surface area (Å²) in [6.07, 6.45) is 1.34. The molecule has 0 aliphatic rings. The molecule has 2 heterocycles. The van der Waals surface area contributed by atoms with E-state index in [-0.39, 0.29) is 11.6 Å². The Hall–Kier alpha value is -3.29. The first-order valence-electron chi connectivity index (χ1n) is 6.87. The van der Waals surface area contributed by atoms with E-state index in [1.165, 1.54) is 16.8 Å². The van der Waals surface area contributed by atoms with Crippen LogP contribution in [0, 0.1) is 13.8 Å². The third kappa shape index (κ3) is 3.00. The van der Waals surface area contributed by atoms with Crippen LogP contribution in [0.3, 0.4) is 0 Å². The lowest BCUT2D eigenvalue weighted by atomic mass is 10.2. The number of nitrogens with zero attached hydrogens (tertiary/aromatic N) is 5. The number of benzene rings is 1. The van der Waals surface area contributed by atoms with Crippen LogP contribution >= 0.6 is 0 Å². The first kappa shape index (κ1) is 14.6. The summed E-state index contributed by atoms with van der Waals surface area (Å²) in [6.45, 7) is 3.70. The van der Waals surface area contributed by atoms with Gasteiger partial charge in [-0.3, -0.25) is 4.79 Å². The van der Waals surface area contributed by atoms with Crippen molar-refractivity contribution in [3.05, 3.63) is 53.1 Å². The Morgan fingerprint density at radius 2 is 2.09 bits per heavy atom. The molecule has 0 fully saturated rings. The molecule has 0 aliphatic carbocycles. The van der Waals surface area contributed by atoms with Gasteiger partial charge in [0.1, 0.15) is 5.75 Å². The maximum Gasteiger partial charge on any atom is 0.311 e. The zero-order valence-corrected chi connectivity index (χ0v) is 12.6. The summed E-state index contributed by atoms with van der Waals surface area (Å²) in [6, 6.07) is 8.50. The van der Waals surface area contributed by atoms with Crippen LogP contribution in [0.15, 0.2) is 35.4 Å². The summed E-state index contributed by atoms with van der Waals surface area (Å²) < 4.78 is 1.49.